The third-order valence-corrected chi connectivity index (χ3v) is 11.5. The highest BCUT2D eigenvalue weighted by Gasteiger charge is 2.67. The summed E-state index contributed by atoms with van der Waals surface area (Å²) >= 11 is 0. The number of morpholine rings is 1. The third kappa shape index (κ3) is 3.25. The maximum Gasteiger partial charge on any atom is 0.335 e. The molecule has 5 fully saturated rings. The van der Waals surface area contributed by atoms with E-state index < -0.39 is 5.60 Å². The summed E-state index contributed by atoms with van der Waals surface area (Å²) in [5, 5.41) is 12.4. The Labute approximate surface area is 197 Å². The maximum absolute atomic E-state index is 12.4. The van der Waals surface area contributed by atoms with E-state index in [1.165, 1.54) is 38.5 Å². The van der Waals surface area contributed by atoms with E-state index in [9.17, 15) is 9.90 Å². The SMILES string of the molecule is CC12CCC(N3CCOCC3)CC1CCC1C2CCC2(C)C(c3ccc(=O)oc3)CCC12O. The molecule has 5 nitrogen and oxygen atoms in total. The lowest BCUT2D eigenvalue weighted by Gasteiger charge is -2.64. The molecule has 4 saturated carbocycles. The van der Waals surface area contributed by atoms with Crippen molar-refractivity contribution in [2.75, 3.05) is 26.3 Å². The van der Waals surface area contributed by atoms with Gasteiger partial charge in [-0.3, -0.25) is 4.90 Å². The standard InChI is InChI=1S/C28H41NO4/c1-26-10-7-21(29-13-15-32-16-14-29)17-20(26)4-5-24-23(26)8-11-27(2)22(9-12-28(24,27)31)19-3-6-25(30)33-18-19/h3,6,18,20-24,31H,4-5,7-17H2,1-2H3. The van der Waals surface area contributed by atoms with Crippen molar-refractivity contribution < 1.29 is 14.3 Å². The summed E-state index contributed by atoms with van der Waals surface area (Å²) in [4.78, 5) is 14.2. The minimum atomic E-state index is -0.605. The minimum Gasteiger partial charge on any atom is -0.431 e. The molecular weight excluding hydrogens is 414 g/mol. The van der Waals surface area contributed by atoms with E-state index in [-0.39, 0.29) is 17.0 Å². The first-order chi connectivity index (χ1) is 15.8. The van der Waals surface area contributed by atoms with Gasteiger partial charge in [-0.15, -0.1) is 0 Å². The molecule has 8 atom stereocenters. The van der Waals surface area contributed by atoms with Crippen LogP contribution < -0.4 is 5.63 Å². The second kappa shape index (κ2) is 7.93. The lowest BCUT2D eigenvalue weighted by atomic mass is 9.43. The van der Waals surface area contributed by atoms with Gasteiger partial charge in [0.2, 0.25) is 0 Å². The van der Waals surface area contributed by atoms with Gasteiger partial charge < -0.3 is 14.3 Å². The molecule has 0 amide bonds. The molecule has 6 rings (SSSR count). The fourth-order valence-electron chi connectivity index (χ4n) is 9.58. The zero-order valence-electron chi connectivity index (χ0n) is 20.4. The molecular formula is C28H41NO4. The van der Waals surface area contributed by atoms with Crippen LogP contribution in [0.4, 0.5) is 0 Å². The Morgan fingerprint density at radius 1 is 0.970 bits per heavy atom. The molecule has 1 saturated heterocycles. The summed E-state index contributed by atoms with van der Waals surface area (Å²) < 4.78 is 10.8. The first-order valence-electron chi connectivity index (χ1n) is 13.5. The van der Waals surface area contributed by atoms with E-state index in [4.69, 9.17) is 9.15 Å². The van der Waals surface area contributed by atoms with E-state index in [2.05, 4.69) is 18.7 Å². The fraction of sp³-hybridized carbons (Fsp3) is 0.821. The molecule has 1 aromatic rings. The Bertz CT molecular complexity index is 920. The molecule has 4 aliphatic carbocycles. The Kier molecular flexibility index (Phi) is 5.36. The largest absolute Gasteiger partial charge is 0.431 e. The molecule has 5 heteroatoms. The van der Waals surface area contributed by atoms with Crippen LogP contribution in [0.2, 0.25) is 0 Å². The average molecular weight is 456 g/mol. The Hall–Kier alpha value is -1.17. The van der Waals surface area contributed by atoms with E-state index in [0.29, 0.717) is 17.3 Å². The highest BCUT2D eigenvalue weighted by molar-refractivity contribution is 5.27. The van der Waals surface area contributed by atoms with Gasteiger partial charge in [0.05, 0.1) is 25.1 Å². The molecule has 8 unspecified atom stereocenters. The fourth-order valence-corrected chi connectivity index (χ4v) is 9.58. The Balaban J connectivity index is 1.24. The summed E-state index contributed by atoms with van der Waals surface area (Å²) in [6.07, 6.45) is 12.2. The van der Waals surface area contributed by atoms with Gasteiger partial charge in [0.25, 0.3) is 0 Å². The van der Waals surface area contributed by atoms with Crippen molar-refractivity contribution in [3.05, 3.63) is 34.4 Å². The van der Waals surface area contributed by atoms with E-state index >= 15 is 0 Å². The number of fused-ring (bicyclic) bond motifs is 5. The number of rotatable bonds is 2. The van der Waals surface area contributed by atoms with Gasteiger partial charge in [-0.25, -0.2) is 4.79 Å². The van der Waals surface area contributed by atoms with Crippen molar-refractivity contribution in [3.8, 4) is 0 Å². The van der Waals surface area contributed by atoms with E-state index in [1.54, 1.807) is 12.3 Å². The van der Waals surface area contributed by atoms with Gasteiger partial charge in [-0.05, 0) is 98.5 Å². The molecule has 1 aromatic heterocycles. The molecule has 5 aliphatic rings. The molecule has 182 valence electrons. The van der Waals surface area contributed by atoms with Crippen LogP contribution in [0.25, 0.3) is 0 Å². The minimum absolute atomic E-state index is 0.137. The highest BCUT2D eigenvalue weighted by atomic mass is 16.5. The van der Waals surface area contributed by atoms with Crippen molar-refractivity contribution >= 4 is 0 Å². The number of hydrogen-bond donors (Lipinski definition) is 1. The van der Waals surface area contributed by atoms with Crippen LogP contribution >= 0.6 is 0 Å². The summed E-state index contributed by atoms with van der Waals surface area (Å²) in [6, 6.07) is 4.20. The van der Waals surface area contributed by atoms with Crippen molar-refractivity contribution in [3.63, 3.8) is 0 Å². The average Bonchev–Trinajstić information content (AvgIpc) is 3.11. The van der Waals surface area contributed by atoms with Gasteiger partial charge >= 0.3 is 5.63 Å². The first kappa shape index (κ1) is 22.3. The second-order valence-corrected chi connectivity index (χ2v) is 12.4. The van der Waals surface area contributed by atoms with Crippen LogP contribution in [0.5, 0.6) is 0 Å². The van der Waals surface area contributed by atoms with Crippen LogP contribution in [-0.4, -0.2) is 48.0 Å². The Morgan fingerprint density at radius 2 is 1.79 bits per heavy atom. The summed E-state index contributed by atoms with van der Waals surface area (Å²) in [5.41, 5.74) is 0.422. The van der Waals surface area contributed by atoms with E-state index in [0.717, 1.165) is 63.1 Å². The number of nitrogens with zero attached hydrogens (tertiary/aromatic N) is 1. The van der Waals surface area contributed by atoms with Crippen molar-refractivity contribution in [2.45, 2.75) is 89.2 Å². The van der Waals surface area contributed by atoms with E-state index in [1.807, 2.05) is 6.07 Å². The predicted molar refractivity (Wildman–Crippen MR) is 127 cm³/mol. The summed E-state index contributed by atoms with van der Waals surface area (Å²) in [5.74, 6) is 2.09. The number of hydrogen-bond acceptors (Lipinski definition) is 5. The van der Waals surface area contributed by atoms with Gasteiger partial charge in [0.1, 0.15) is 0 Å². The summed E-state index contributed by atoms with van der Waals surface area (Å²) in [7, 11) is 0. The molecule has 33 heavy (non-hydrogen) atoms. The summed E-state index contributed by atoms with van der Waals surface area (Å²) in [6.45, 7) is 8.88. The molecule has 2 heterocycles. The first-order valence-corrected chi connectivity index (χ1v) is 13.5. The zero-order chi connectivity index (χ0) is 22.8. The lowest BCUT2D eigenvalue weighted by Crippen LogP contribution is -2.62. The number of aliphatic hydroxyl groups is 1. The molecule has 1 aliphatic heterocycles. The van der Waals surface area contributed by atoms with Crippen LogP contribution in [-0.2, 0) is 4.74 Å². The third-order valence-electron chi connectivity index (χ3n) is 11.5. The quantitative estimate of drug-likeness (QED) is 0.707. The molecule has 0 spiro atoms. The van der Waals surface area contributed by atoms with Gasteiger partial charge in [0.15, 0.2) is 0 Å². The molecule has 0 bridgehead atoms. The predicted octanol–water partition coefficient (Wildman–Crippen LogP) is 4.58. The van der Waals surface area contributed by atoms with Crippen molar-refractivity contribution in [2.24, 2.45) is 28.6 Å². The van der Waals surface area contributed by atoms with Gasteiger partial charge in [0, 0.05) is 30.6 Å². The van der Waals surface area contributed by atoms with Crippen molar-refractivity contribution in [1.82, 2.24) is 4.90 Å². The van der Waals surface area contributed by atoms with Gasteiger partial charge in [-0.1, -0.05) is 13.8 Å². The second-order valence-electron chi connectivity index (χ2n) is 12.4. The topological polar surface area (TPSA) is 62.9 Å². The molecule has 1 N–H and O–H groups in total. The number of ether oxygens (including phenoxy) is 1. The van der Waals surface area contributed by atoms with Crippen LogP contribution in [0, 0.1) is 28.6 Å². The van der Waals surface area contributed by atoms with Crippen LogP contribution in [0.3, 0.4) is 0 Å². The van der Waals surface area contributed by atoms with Gasteiger partial charge in [-0.2, -0.15) is 0 Å². The molecule has 0 radical (unpaired) electrons. The molecule has 0 aromatic carbocycles. The monoisotopic (exact) mass is 455 g/mol. The zero-order valence-corrected chi connectivity index (χ0v) is 20.4. The normalized spacial score (nSPS) is 48.0. The van der Waals surface area contributed by atoms with Crippen molar-refractivity contribution in [1.29, 1.82) is 0 Å². The highest BCUT2D eigenvalue weighted by Crippen LogP contribution is 2.70. The lowest BCUT2D eigenvalue weighted by molar-refractivity contribution is -0.204. The Morgan fingerprint density at radius 3 is 2.55 bits per heavy atom. The smallest absolute Gasteiger partial charge is 0.335 e. The van der Waals surface area contributed by atoms with Crippen LogP contribution in [0.15, 0.2) is 27.6 Å². The van der Waals surface area contributed by atoms with Crippen LogP contribution in [0.1, 0.15) is 83.1 Å². The maximum atomic E-state index is 12.4.